The van der Waals surface area contributed by atoms with E-state index in [0.717, 1.165) is 36.1 Å². The molecule has 1 rings (SSSR count). The molecule has 0 aromatic heterocycles. The van der Waals surface area contributed by atoms with Crippen LogP contribution in [0.2, 0.25) is 0 Å². The Morgan fingerprint density at radius 1 is 1.00 bits per heavy atom. The number of amides is 3. The Labute approximate surface area is 126 Å². The fourth-order valence-electron chi connectivity index (χ4n) is 2.05. The lowest BCUT2D eigenvalue weighted by Crippen LogP contribution is -2.39. The molecule has 0 radical (unpaired) electrons. The highest BCUT2D eigenvalue weighted by atomic mass is 16.2. The summed E-state index contributed by atoms with van der Waals surface area (Å²) in [7, 11) is 0. The van der Waals surface area contributed by atoms with E-state index in [4.69, 9.17) is 0 Å². The Morgan fingerprint density at radius 2 is 1.62 bits per heavy atom. The van der Waals surface area contributed by atoms with Crippen molar-refractivity contribution >= 4 is 17.6 Å². The van der Waals surface area contributed by atoms with Gasteiger partial charge in [-0.25, -0.2) is 4.79 Å². The molecule has 0 bridgehead atoms. The zero-order chi connectivity index (χ0) is 15.7. The molecular formula is C16H25N3O2. The first kappa shape index (κ1) is 17.0. The minimum absolute atomic E-state index is 0.0123. The molecule has 0 heterocycles. The minimum atomic E-state index is -0.350. The zero-order valence-electron chi connectivity index (χ0n) is 13.1. The van der Waals surface area contributed by atoms with E-state index in [-0.39, 0.29) is 18.5 Å². The van der Waals surface area contributed by atoms with Crippen molar-refractivity contribution in [1.29, 1.82) is 0 Å². The van der Waals surface area contributed by atoms with E-state index in [1.165, 1.54) is 0 Å². The summed E-state index contributed by atoms with van der Waals surface area (Å²) in [5, 5.41) is 8.16. The molecular weight excluding hydrogens is 266 g/mol. The van der Waals surface area contributed by atoms with Gasteiger partial charge in [-0.15, -0.1) is 0 Å². The second kappa shape index (κ2) is 9.00. The van der Waals surface area contributed by atoms with E-state index < -0.39 is 0 Å². The molecule has 0 aliphatic heterocycles. The van der Waals surface area contributed by atoms with Gasteiger partial charge in [0.2, 0.25) is 5.91 Å². The molecule has 5 heteroatoms. The smallest absolute Gasteiger partial charge is 0.319 e. The topological polar surface area (TPSA) is 70.2 Å². The number of carbonyl (C=O) groups excluding carboxylic acids is 2. The summed E-state index contributed by atoms with van der Waals surface area (Å²) in [6.45, 7) is 6.70. The Balaban J connectivity index is 2.60. The van der Waals surface area contributed by atoms with Crippen LogP contribution in [0.3, 0.4) is 0 Å². The molecule has 3 amide bonds. The van der Waals surface area contributed by atoms with Gasteiger partial charge in [0.25, 0.3) is 0 Å². The van der Waals surface area contributed by atoms with E-state index >= 15 is 0 Å². The fourth-order valence-corrected chi connectivity index (χ4v) is 2.05. The van der Waals surface area contributed by atoms with Crippen LogP contribution in [0, 0.1) is 0 Å². The van der Waals surface area contributed by atoms with Gasteiger partial charge >= 0.3 is 6.03 Å². The normalized spacial score (nSPS) is 10.0. The second-order valence-corrected chi connectivity index (χ2v) is 4.82. The van der Waals surface area contributed by atoms with Gasteiger partial charge in [0.1, 0.15) is 0 Å². The third kappa shape index (κ3) is 5.45. The molecule has 0 unspecified atom stereocenters. The van der Waals surface area contributed by atoms with Crippen molar-refractivity contribution in [3.05, 3.63) is 29.3 Å². The van der Waals surface area contributed by atoms with E-state index in [2.05, 4.69) is 29.8 Å². The van der Waals surface area contributed by atoms with Crippen LogP contribution in [-0.4, -0.2) is 25.0 Å². The summed E-state index contributed by atoms with van der Waals surface area (Å²) in [6, 6.07) is 5.65. The monoisotopic (exact) mass is 291 g/mol. The second-order valence-electron chi connectivity index (χ2n) is 4.82. The largest absolute Gasteiger partial charge is 0.355 e. The number of hydrogen-bond acceptors (Lipinski definition) is 2. The van der Waals surface area contributed by atoms with E-state index in [0.29, 0.717) is 6.54 Å². The Kier molecular flexibility index (Phi) is 7.29. The Hall–Kier alpha value is -2.04. The average Bonchev–Trinajstić information content (AvgIpc) is 2.51. The summed E-state index contributed by atoms with van der Waals surface area (Å²) >= 11 is 0. The highest BCUT2D eigenvalue weighted by Gasteiger charge is 2.10. The number of nitrogens with one attached hydrogen (secondary N) is 3. The SMILES string of the molecule is CCCNC(=O)CNC(=O)Nc1c(CC)cccc1CC. The molecule has 0 spiro atoms. The third-order valence-electron chi connectivity index (χ3n) is 3.22. The van der Waals surface area contributed by atoms with Gasteiger partial charge in [-0.1, -0.05) is 39.0 Å². The number of hydrogen-bond donors (Lipinski definition) is 3. The van der Waals surface area contributed by atoms with Crippen molar-refractivity contribution in [2.45, 2.75) is 40.0 Å². The number of carbonyl (C=O) groups is 2. The molecule has 5 nitrogen and oxygen atoms in total. The van der Waals surface area contributed by atoms with Crippen LogP contribution in [0.4, 0.5) is 10.5 Å². The van der Waals surface area contributed by atoms with Gasteiger partial charge in [0, 0.05) is 12.2 Å². The molecule has 0 aliphatic rings. The molecule has 21 heavy (non-hydrogen) atoms. The van der Waals surface area contributed by atoms with Crippen LogP contribution in [0.25, 0.3) is 0 Å². The van der Waals surface area contributed by atoms with Crippen molar-refractivity contribution in [2.75, 3.05) is 18.4 Å². The first-order chi connectivity index (χ1) is 10.1. The molecule has 0 aliphatic carbocycles. The summed E-state index contributed by atoms with van der Waals surface area (Å²) in [5.41, 5.74) is 3.05. The van der Waals surface area contributed by atoms with Gasteiger partial charge in [-0.05, 0) is 30.4 Å². The summed E-state index contributed by atoms with van der Waals surface area (Å²) in [4.78, 5) is 23.4. The maximum absolute atomic E-state index is 11.9. The standard InChI is InChI=1S/C16H25N3O2/c1-4-10-17-14(20)11-18-16(21)19-15-12(5-2)8-7-9-13(15)6-3/h7-9H,4-6,10-11H2,1-3H3,(H,17,20)(H2,18,19,21). The van der Waals surface area contributed by atoms with E-state index in [9.17, 15) is 9.59 Å². The van der Waals surface area contributed by atoms with Crippen LogP contribution in [0.1, 0.15) is 38.3 Å². The van der Waals surface area contributed by atoms with Crippen LogP contribution in [-0.2, 0) is 17.6 Å². The number of benzene rings is 1. The van der Waals surface area contributed by atoms with Gasteiger partial charge in [-0.2, -0.15) is 0 Å². The van der Waals surface area contributed by atoms with Gasteiger partial charge in [-0.3, -0.25) is 4.79 Å². The Morgan fingerprint density at radius 3 is 2.14 bits per heavy atom. The third-order valence-corrected chi connectivity index (χ3v) is 3.22. The molecule has 1 aromatic rings. The lowest BCUT2D eigenvalue weighted by atomic mass is 10.0. The van der Waals surface area contributed by atoms with Crippen LogP contribution < -0.4 is 16.0 Å². The number of urea groups is 1. The zero-order valence-corrected chi connectivity index (χ0v) is 13.1. The maximum Gasteiger partial charge on any atom is 0.319 e. The van der Waals surface area contributed by atoms with Crippen LogP contribution in [0.15, 0.2) is 18.2 Å². The van der Waals surface area contributed by atoms with Gasteiger partial charge in [0.05, 0.1) is 6.54 Å². The predicted octanol–water partition coefficient (Wildman–Crippen LogP) is 2.46. The average molecular weight is 291 g/mol. The van der Waals surface area contributed by atoms with Gasteiger partial charge in [0.15, 0.2) is 0 Å². The maximum atomic E-state index is 11.9. The molecule has 0 saturated heterocycles. The van der Waals surface area contributed by atoms with E-state index in [1.807, 2.05) is 25.1 Å². The van der Waals surface area contributed by atoms with Crippen LogP contribution >= 0.6 is 0 Å². The van der Waals surface area contributed by atoms with Crippen LogP contribution in [0.5, 0.6) is 0 Å². The Bertz CT molecular complexity index is 464. The highest BCUT2D eigenvalue weighted by Crippen LogP contribution is 2.22. The first-order valence-electron chi connectivity index (χ1n) is 7.54. The highest BCUT2D eigenvalue weighted by molar-refractivity contribution is 5.93. The molecule has 0 saturated carbocycles. The minimum Gasteiger partial charge on any atom is -0.355 e. The summed E-state index contributed by atoms with van der Waals surface area (Å²) < 4.78 is 0. The summed E-state index contributed by atoms with van der Waals surface area (Å²) in [6.07, 6.45) is 2.57. The lowest BCUT2D eigenvalue weighted by molar-refractivity contribution is -0.120. The molecule has 0 fully saturated rings. The number of para-hydroxylation sites is 1. The van der Waals surface area contributed by atoms with Crippen molar-refractivity contribution in [2.24, 2.45) is 0 Å². The molecule has 3 N–H and O–H groups in total. The van der Waals surface area contributed by atoms with E-state index in [1.54, 1.807) is 0 Å². The van der Waals surface area contributed by atoms with Crippen molar-refractivity contribution in [1.82, 2.24) is 10.6 Å². The molecule has 116 valence electrons. The first-order valence-corrected chi connectivity index (χ1v) is 7.54. The van der Waals surface area contributed by atoms with Crippen molar-refractivity contribution < 1.29 is 9.59 Å². The van der Waals surface area contributed by atoms with Crippen molar-refractivity contribution in [3.8, 4) is 0 Å². The molecule has 1 aromatic carbocycles. The predicted molar refractivity (Wildman–Crippen MR) is 85.5 cm³/mol. The molecule has 0 atom stereocenters. The van der Waals surface area contributed by atoms with Gasteiger partial charge < -0.3 is 16.0 Å². The number of anilines is 1. The quantitative estimate of drug-likeness (QED) is 0.722. The number of rotatable bonds is 7. The summed E-state index contributed by atoms with van der Waals surface area (Å²) in [5.74, 6) is -0.175. The van der Waals surface area contributed by atoms with Crippen molar-refractivity contribution in [3.63, 3.8) is 0 Å². The number of aryl methyl sites for hydroxylation is 2. The lowest BCUT2D eigenvalue weighted by Gasteiger charge is -2.15. The fraction of sp³-hybridized carbons (Fsp3) is 0.500.